The number of hydrogen-bond donors (Lipinski definition) is 2. The summed E-state index contributed by atoms with van der Waals surface area (Å²) in [7, 11) is -3.53. The topological polar surface area (TPSA) is 75.6 Å². The molecule has 0 spiro atoms. The highest BCUT2D eigenvalue weighted by atomic mass is 32.2. The van der Waals surface area contributed by atoms with Crippen LogP contribution in [0.25, 0.3) is 0 Å². The second-order valence-corrected chi connectivity index (χ2v) is 5.89. The maximum atomic E-state index is 11.9. The van der Waals surface area contributed by atoms with Crippen LogP contribution in [0.4, 0.5) is 0 Å². The third-order valence-electron chi connectivity index (χ3n) is 2.24. The minimum atomic E-state index is -3.53. The van der Waals surface area contributed by atoms with Crippen LogP contribution in [0, 0.1) is 0 Å². The lowest BCUT2D eigenvalue weighted by molar-refractivity contribution is 0.0834. The van der Waals surface area contributed by atoms with Crippen molar-refractivity contribution in [3.05, 3.63) is 29.8 Å². The van der Waals surface area contributed by atoms with Crippen LogP contribution in [0.15, 0.2) is 29.2 Å². The molecule has 0 fully saturated rings. The Bertz CT molecular complexity index is 471. The van der Waals surface area contributed by atoms with Crippen molar-refractivity contribution < 1.29 is 18.3 Å². The molecule has 5 nitrogen and oxygen atoms in total. The van der Waals surface area contributed by atoms with Crippen molar-refractivity contribution in [3.8, 4) is 0 Å². The molecule has 0 saturated carbocycles. The van der Waals surface area contributed by atoms with Crippen molar-refractivity contribution in [1.29, 1.82) is 0 Å². The first-order valence-corrected chi connectivity index (χ1v) is 7.25. The molecule has 6 heteroatoms. The third kappa shape index (κ3) is 4.73. The lowest BCUT2D eigenvalue weighted by Gasteiger charge is -2.09. The number of rotatable bonds is 7. The van der Waals surface area contributed by atoms with Crippen LogP contribution in [0.5, 0.6) is 0 Å². The van der Waals surface area contributed by atoms with Crippen molar-refractivity contribution in [2.45, 2.75) is 31.5 Å². The summed E-state index contributed by atoms with van der Waals surface area (Å²) in [6.07, 6.45) is 0.0761. The molecule has 0 aliphatic rings. The normalized spacial score (nSPS) is 12.0. The average molecular weight is 273 g/mol. The molecule has 102 valence electrons. The van der Waals surface area contributed by atoms with Gasteiger partial charge in [-0.1, -0.05) is 12.1 Å². The fraction of sp³-hybridized carbons (Fsp3) is 0.500. The fourth-order valence-corrected chi connectivity index (χ4v) is 2.45. The molecule has 0 radical (unpaired) electrons. The molecule has 0 aliphatic carbocycles. The number of aliphatic hydroxyl groups excluding tert-OH is 1. The van der Waals surface area contributed by atoms with Gasteiger partial charge in [0, 0.05) is 6.54 Å². The van der Waals surface area contributed by atoms with Gasteiger partial charge in [-0.25, -0.2) is 13.1 Å². The molecule has 0 bridgehead atoms. The van der Waals surface area contributed by atoms with E-state index in [0.29, 0.717) is 12.2 Å². The first-order chi connectivity index (χ1) is 8.45. The largest absolute Gasteiger partial charge is 0.392 e. The standard InChI is InChI=1S/C12H19NO4S/c1-10(2)17-7-6-13-18(15,16)12-5-3-4-11(8-12)9-14/h3-5,8,10,13-14H,6-7,9H2,1-2H3. The zero-order valence-electron chi connectivity index (χ0n) is 10.6. The van der Waals surface area contributed by atoms with E-state index in [4.69, 9.17) is 9.84 Å². The van der Waals surface area contributed by atoms with E-state index in [2.05, 4.69) is 4.72 Å². The SMILES string of the molecule is CC(C)OCCNS(=O)(=O)c1cccc(CO)c1. The molecule has 1 aromatic carbocycles. The Labute approximate surface area is 108 Å². The van der Waals surface area contributed by atoms with E-state index in [-0.39, 0.29) is 24.2 Å². The van der Waals surface area contributed by atoms with Crippen LogP contribution in [0.3, 0.4) is 0 Å². The number of benzene rings is 1. The lowest BCUT2D eigenvalue weighted by Crippen LogP contribution is -2.28. The van der Waals surface area contributed by atoms with Crippen molar-refractivity contribution in [3.63, 3.8) is 0 Å². The summed E-state index contributed by atoms with van der Waals surface area (Å²) in [6, 6.07) is 6.21. The van der Waals surface area contributed by atoms with Crippen LogP contribution in [0.2, 0.25) is 0 Å². The summed E-state index contributed by atoms with van der Waals surface area (Å²) in [6.45, 7) is 4.15. The molecular formula is C12H19NO4S. The molecule has 1 rings (SSSR count). The highest BCUT2D eigenvalue weighted by Crippen LogP contribution is 2.11. The molecule has 0 heterocycles. The van der Waals surface area contributed by atoms with Gasteiger partial charge in [0.2, 0.25) is 10.0 Å². The van der Waals surface area contributed by atoms with Crippen LogP contribution in [0.1, 0.15) is 19.4 Å². The third-order valence-corrected chi connectivity index (χ3v) is 3.70. The van der Waals surface area contributed by atoms with Gasteiger partial charge in [-0.2, -0.15) is 0 Å². The molecule has 1 aromatic rings. The Morgan fingerprint density at radius 1 is 1.39 bits per heavy atom. The van der Waals surface area contributed by atoms with Crippen LogP contribution < -0.4 is 4.72 Å². The van der Waals surface area contributed by atoms with Crippen molar-refractivity contribution >= 4 is 10.0 Å². The second-order valence-electron chi connectivity index (χ2n) is 4.12. The zero-order valence-corrected chi connectivity index (χ0v) is 11.4. The van der Waals surface area contributed by atoms with E-state index in [9.17, 15) is 8.42 Å². The molecule has 18 heavy (non-hydrogen) atoms. The lowest BCUT2D eigenvalue weighted by atomic mass is 10.2. The molecule has 0 saturated heterocycles. The molecule has 0 amide bonds. The minimum Gasteiger partial charge on any atom is -0.392 e. The number of aliphatic hydroxyl groups is 1. The first-order valence-electron chi connectivity index (χ1n) is 5.77. The quantitative estimate of drug-likeness (QED) is 0.723. The molecule has 0 aromatic heterocycles. The van der Waals surface area contributed by atoms with E-state index in [1.54, 1.807) is 12.1 Å². The summed E-state index contributed by atoms with van der Waals surface area (Å²) in [5.41, 5.74) is 0.566. The highest BCUT2D eigenvalue weighted by molar-refractivity contribution is 7.89. The number of hydrogen-bond acceptors (Lipinski definition) is 4. The molecule has 0 unspecified atom stereocenters. The predicted molar refractivity (Wildman–Crippen MR) is 68.6 cm³/mol. The summed E-state index contributed by atoms with van der Waals surface area (Å²) in [5.74, 6) is 0. The number of ether oxygens (including phenoxy) is 1. The Hall–Kier alpha value is -0.950. The van der Waals surface area contributed by atoms with Gasteiger partial charge in [0.05, 0.1) is 24.2 Å². The Kier molecular flexibility index (Phi) is 5.74. The zero-order chi connectivity index (χ0) is 13.6. The van der Waals surface area contributed by atoms with Crippen molar-refractivity contribution in [2.75, 3.05) is 13.2 Å². The summed E-state index contributed by atoms with van der Waals surface area (Å²) >= 11 is 0. The summed E-state index contributed by atoms with van der Waals surface area (Å²) in [5, 5.41) is 8.97. The van der Waals surface area contributed by atoms with Gasteiger partial charge < -0.3 is 9.84 Å². The monoisotopic (exact) mass is 273 g/mol. The number of nitrogens with one attached hydrogen (secondary N) is 1. The van der Waals surface area contributed by atoms with Gasteiger partial charge >= 0.3 is 0 Å². The molecule has 0 aliphatic heterocycles. The van der Waals surface area contributed by atoms with Gasteiger partial charge in [0.25, 0.3) is 0 Å². The van der Waals surface area contributed by atoms with Crippen LogP contribution >= 0.6 is 0 Å². The van der Waals surface area contributed by atoms with Crippen molar-refractivity contribution in [1.82, 2.24) is 4.72 Å². The molecule has 0 atom stereocenters. The van der Waals surface area contributed by atoms with Crippen LogP contribution in [-0.4, -0.2) is 32.8 Å². The Morgan fingerprint density at radius 2 is 2.11 bits per heavy atom. The molecule has 2 N–H and O–H groups in total. The summed E-state index contributed by atoms with van der Waals surface area (Å²) in [4.78, 5) is 0.151. The summed E-state index contributed by atoms with van der Waals surface area (Å²) < 4.78 is 31.5. The van der Waals surface area contributed by atoms with Gasteiger partial charge in [0.15, 0.2) is 0 Å². The van der Waals surface area contributed by atoms with Gasteiger partial charge in [-0.05, 0) is 31.5 Å². The van der Waals surface area contributed by atoms with Gasteiger partial charge in [-0.3, -0.25) is 0 Å². The smallest absolute Gasteiger partial charge is 0.240 e. The number of sulfonamides is 1. The van der Waals surface area contributed by atoms with Crippen LogP contribution in [-0.2, 0) is 21.4 Å². The van der Waals surface area contributed by atoms with Gasteiger partial charge in [-0.15, -0.1) is 0 Å². The van der Waals surface area contributed by atoms with E-state index in [0.717, 1.165) is 0 Å². The van der Waals surface area contributed by atoms with Crippen molar-refractivity contribution in [2.24, 2.45) is 0 Å². The van der Waals surface area contributed by atoms with E-state index in [1.807, 2.05) is 13.8 Å². The highest BCUT2D eigenvalue weighted by Gasteiger charge is 2.13. The molecular weight excluding hydrogens is 254 g/mol. The average Bonchev–Trinajstić information content (AvgIpc) is 2.34. The maximum absolute atomic E-state index is 11.9. The fourth-order valence-electron chi connectivity index (χ4n) is 1.36. The second kappa shape index (κ2) is 6.84. The Balaban J connectivity index is 2.62. The van der Waals surface area contributed by atoms with E-state index in [1.165, 1.54) is 12.1 Å². The predicted octanol–water partition coefficient (Wildman–Crippen LogP) is 0.882. The first kappa shape index (κ1) is 15.1. The minimum absolute atomic E-state index is 0.0761. The van der Waals surface area contributed by atoms with E-state index < -0.39 is 10.0 Å². The van der Waals surface area contributed by atoms with Gasteiger partial charge in [0.1, 0.15) is 0 Å². The Morgan fingerprint density at radius 3 is 2.72 bits per heavy atom. The van der Waals surface area contributed by atoms with E-state index >= 15 is 0 Å². The maximum Gasteiger partial charge on any atom is 0.240 e.